The standard InChI is InChI=1S/C14H21BrN2/c1-3-16-10-11-5-6-12(15)9-14(11)17(4-2)13-7-8-13/h5-6,9,13,16H,3-4,7-8,10H2,1-2H3. The van der Waals surface area contributed by atoms with Crippen molar-refractivity contribution in [3.8, 4) is 0 Å². The van der Waals surface area contributed by atoms with Gasteiger partial charge in [0.25, 0.3) is 0 Å². The molecular formula is C14H21BrN2. The van der Waals surface area contributed by atoms with Gasteiger partial charge in [-0.25, -0.2) is 0 Å². The van der Waals surface area contributed by atoms with Crippen molar-refractivity contribution < 1.29 is 0 Å². The first-order valence-corrected chi connectivity index (χ1v) is 7.31. The number of hydrogen-bond donors (Lipinski definition) is 1. The highest BCUT2D eigenvalue weighted by Crippen LogP contribution is 2.34. The highest BCUT2D eigenvalue weighted by Gasteiger charge is 2.29. The summed E-state index contributed by atoms with van der Waals surface area (Å²) in [5, 5.41) is 3.42. The van der Waals surface area contributed by atoms with Crippen molar-refractivity contribution in [2.45, 2.75) is 39.3 Å². The molecule has 0 bridgehead atoms. The number of rotatable bonds is 6. The minimum atomic E-state index is 0.773. The zero-order chi connectivity index (χ0) is 12.3. The van der Waals surface area contributed by atoms with Crippen LogP contribution in [-0.2, 0) is 6.54 Å². The molecule has 3 heteroatoms. The first-order chi connectivity index (χ1) is 8.26. The van der Waals surface area contributed by atoms with Crippen molar-refractivity contribution in [1.29, 1.82) is 0 Å². The van der Waals surface area contributed by atoms with Gasteiger partial charge >= 0.3 is 0 Å². The smallest absolute Gasteiger partial charge is 0.0425 e. The van der Waals surface area contributed by atoms with Gasteiger partial charge in [0.05, 0.1) is 0 Å². The fourth-order valence-corrected chi connectivity index (χ4v) is 2.57. The van der Waals surface area contributed by atoms with Crippen molar-refractivity contribution in [2.24, 2.45) is 0 Å². The molecule has 1 aromatic carbocycles. The lowest BCUT2D eigenvalue weighted by Crippen LogP contribution is -2.27. The maximum atomic E-state index is 3.58. The number of hydrogen-bond acceptors (Lipinski definition) is 2. The minimum absolute atomic E-state index is 0.773. The van der Waals surface area contributed by atoms with E-state index in [4.69, 9.17) is 0 Å². The van der Waals surface area contributed by atoms with E-state index in [1.165, 1.54) is 28.6 Å². The Morgan fingerprint density at radius 2 is 2.12 bits per heavy atom. The average molecular weight is 297 g/mol. The van der Waals surface area contributed by atoms with Crippen LogP contribution in [0.15, 0.2) is 22.7 Å². The van der Waals surface area contributed by atoms with E-state index in [0.29, 0.717) is 0 Å². The van der Waals surface area contributed by atoms with Crippen LogP contribution in [0.2, 0.25) is 0 Å². The molecule has 0 saturated heterocycles. The van der Waals surface area contributed by atoms with Gasteiger partial charge in [0, 0.05) is 29.3 Å². The van der Waals surface area contributed by atoms with Crippen molar-refractivity contribution >= 4 is 21.6 Å². The van der Waals surface area contributed by atoms with Gasteiger partial charge in [-0.05, 0) is 44.0 Å². The Labute approximate surface area is 113 Å². The SMILES string of the molecule is CCNCc1ccc(Br)cc1N(CC)C1CC1. The maximum Gasteiger partial charge on any atom is 0.0425 e. The Kier molecular flexibility index (Phi) is 4.46. The predicted octanol–water partition coefficient (Wildman–Crippen LogP) is 3.55. The predicted molar refractivity (Wildman–Crippen MR) is 77.6 cm³/mol. The fourth-order valence-electron chi connectivity index (χ4n) is 2.22. The molecule has 1 fully saturated rings. The van der Waals surface area contributed by atoms with Gasteiger partial charge in [-0.1, -0.05) is 28.9 Å². The third-order valence-corrected chi connectivity index (χ3v) is 3.74. The molecule has 1 N–H and O–H groups in total. The molecule has 1 aromatic rings. The molecule has 2 rings (SSSR count). The first kappa shape index (κ1) is 12.9. The third-order valence-electron chi connectivity index (χ3n) is 3.25. The molecular weight excluding hydrogens is 276 g/mol. The molecule has 0 spiro atoms. The van der Waals surface area contributed by atoms with Crippen LogP contribution in [0.3, 0.4) is 0 Å². The number of halogens is 1. The summed E-state index contributed by atoms with van der Waals surface area (Å²) in [6.45, 7) is 7.47. The van der Waals surface area contributed by atoms with Gasteiger partial charge in [-0.15, -0.1) is 0 Å². The zero-order valence-corrected chi connectivity index (χ0v) is 12.3. The van der Waals surface area contributed by atoms with Crippen LogP contribution < -0.4 is 10.2 Å². The Morgan fingerprint density at radius 3 is 2.71 bits per heavy atom. The largest absolute Gasteiger partial charge is 0.369 e. The van der Waals surface area contributed by atoms with Crippen LogP contribution in [0.25, 0.3) is 0 Å². The van der Waals surface area contributed by atoms with E-state index >= 15 is 0 Å². The molecule has 0 radical (unpaired) electrons. The van der Waals surface area contributed by atoms with Crippen LogP contribution in [-0.4, -0.2) is 19.1 Å². The average Bonchev–Trinajstić information content (AvgIpc) is 3.13. The summed E-state index contributed by atoms with van der Waals surface area (Å²) in [6.07, 6.45) is 2.70. The van der Waals surface area contributed by atoms with Crippen LogP contribution in [0.4, 0.5) is 5.69 Å². The molecule has 0 aliphatic heterocycles. The minimum Gasteiger partial charge on any atom is -0.369 e. The molecule has 2 nitrogen and oxygen atoms in total. The van der Waals surface area contributed by atoms with E-state index in [9.17, 15) is 0 Å². The lowest BCUT2D eigenvalue weighted by molar-refractivity contribution is 0.718. The Balaban J connectivity index is 2.24. The second-order valence-corrected chi connectivity index (χ2v) is 5.49. The van der Waals surface area contributed by atoms with Crippen LogP contribution >= 0.6 is 15.9 Å². The molecule has 1 saturated carbocycles. The zero-order valence-electron chi connectivity index (χ0n) is 10.7. The van der Waals surface area contributed by atoms with Gasteiger partial charge in [-0.3, -0.25) is 0 Å². The molecule has 0 heterocycles. The molecule has 0 aromatic heterocycles. The third kappa shape index (κ3) is 3.23. The summed E-state index contributed by atoms with van der Waals surface area (Å²) < 4.78 is 1.17. The number of benzene rings is 1. The quantitative estimate of drug-likeness (QED) is 0.864. The monoisotopic (exact) mass is 296 g/mol. The molecule has 17 heavy (non-hydrogen) atoms. The topological polar surface area (TPSA) is 15.3 Å². The molecule has 0 unspecified atom stereocenters. The molecule has 1 aliphatic carbocycles. The lowest BCUT2D eigenvalue weighted by Gasteiger charge is -2.26. The van der Waals surface area contributed by atoms with Crippen LogP contribution in [0.1, 0.15) is 32.3 Å². The summed E-state index contributed by atoms with van der Waals surface area (Å²) in [7, 11) is 0. The van der Waals surface area contributed by atoms with E-state index in [0.717, 1.165) is 25.7 Å². The molecule has 0 atom stereocenters. The van der Waals surface area contributed by atoms with Crippen molar-refractivity contribution in [3.63, 3.8) is 0 Å². The maximum absolute atomic E-state index is 3.58. The Hall–Kier alpha value is -0.540. The molecule has 94 valence electrons. The van der Waals surface area contributed by atoms with Gasteiger partial charge in [0.1, 0.15) is 0 Å². The van der Waals surface area contributed by atoms with Crippen molar-refractivity contribution in [3.05, 3.63) is 28.2 Å². The summed E-state index contributed by atoms with van der Waals surface area (Å²) in [6, 6.07) is 7.40. The highest BCUT2D eigenvalue weighted by molar-refractivity contribution is 9.10. The first-order valence-electron chi connectivity index (χ1n) is 6.52. The van der Waals surface area contributed by atoms with Gasteiger partial charge in [0.15, 0.2) is 0 Å². The summed E-state index contributed by atoms with van der Waals surface area (Å²) in [5.74, 6) is 0. The summed E-state index contributed by atoms with van der Waals surface area (Å²) in [5.41, 5.74) is 2.80. The second kappa shape index (κ2) is 5.87. The normalized spacial score (nSPS) is 15.0. The van der Waals surface area contributed by atoms with Gasteiger partial charge in [0.2, 0.25) is 0 Å². The van der Waals surface area contributed by atoms with Crippen molar-refractivity contribution in [2.75, 3.05) is 18.0 Å². The van der Waals surface area contributed by atoms with E-state index in [1.54, 1.807) is 0 Å². The lowest BCUT2D eigenvalue weighted by atomic mass is 10.1. The number of nitrogens with one attached hydrogen (secondary N) is 1. The van der Waals surface area contributed by atoms with E-state index in [-0.39, 0.29) is 0 Å². The molecule has 0 amide bonds. The van der Waals surface area contributed by atoms with Crippen LogP contribution in [0, 0.1) is 0 Å². The number of nitrogens with zero attached hydrogens (tertiary/aromatic N) is 1. The van der Waals surface area contributed by atoms with E-state index < -0.39 is 0 Å². The van der Waals surface area contributed by atoms with Crippen LogP contribution in [0.5, 0.6) is 0 Å². The number of anilines is 1. The van der Waals surface area contributed by atoms with Gasteiger partial charge in [-0.2, -0.15) is 0 Å². The summed E-state index contributed by atoms with van der Waals surface area (Å²) >= 11 is 3.58. The Morgan fingerprint density at radius 1 is 1.35 bits per heavy atom. The van der Waals surface area contributed by atoms with E-state index in [2.05, 4.69) is 58.2 Å². The van der Waals surface area contributed by atoms with Crippen molar-refractivity contribution in [1.82, 2.24) is 5.32 Å². The highest BCUT2D eigenvalue weighted by atomic mass is 79.9. The fraction of sp³-hybridized carbons (Fsp3) is 0.571. The molecule has 1 aliphatic rings. The van der Waals surface area contributed by atoms with E-state index in [1.807, 2.05) is 0 Å². The second-order valence-electron chi connectivity index (χ2n) is 4.57. The summed E-state index contributed by atoms with van der Waals surface area (Å²) in [4.78, 5) is 2.54. The Bertz CT molecular complexity index is 374. The van der Waals surface area contributed by atoms with Gasteiger partial charge < -0.3 is 10.2 Å².